The quantitative estimate of drug-likeness (QED) is 0.485. The lowest BCUT2D eigenvalue weighted by Gasteiger charge is -1.97. The van der Waals surface area contributed by atoms with Crippen LogP contribution in [0.15, 0.2) is 0 Å². The summed E-state index contributed by atoms with van der Waals surface area (Å²) in [5.74, 6) is 0. The first-order valence-corrected chi connectivity index (χ1v) is 2.42. The molecule has 0 heterocycles. The second-order valence-electron chi connectivity index (χ2n) is 1.24. The highest BCUT2D eigenvalue weighted by atomic mass is 16.6. The standard InChI is InChI=1S/C4H8N2O3/c1-2-6-4(8)9-3(5)7/h2H2,1H3,(H2,5,7)(H,6,8). The predicted molar refractivity (Wildman–Crippen MR) is 29.7 cm³/mol. The van der Waals surface area contributed by atoms with Crippen molar-refractivity contribution in [1.29, 1.82) is 0 Å². The molecule has 0 atom stereocenters. The first kappa shape index (κ1) is 7.74. The number of amides is 2. The fraction of sp³-hybridized carbons (Fsp3) is 0.500. The lowest BCUT2D eigenvalue weighted by molar-refractivity contribution is 0.157. The molecule has 0 saturated heterocycles. The smallest absolute Gasteiger partial charge is 0.360 e. The number of hydrogen-bond acceptors (Lipinski definition) is 3. The third-order valence-electron chi connectivity index (χ3n) is 0.514. The molecule has 0 aliphatic carbocycles. The monoisotopic (exact) mass is 132 g/mol. The minimum absolute atomic E-state index is 0.409. The lowest BCUT2D eigenvalue weighted by atomic mass is 10.8. The van der Waals surface area contributed by atoms with E-state index in [9.17, 15) is 9.59 Å². The van der Waals surface area contributed by atoms with Crippen molar-refractivity contribution in [3.8, 4) is 0 Å². The van der Waals surface area contributed by atoms with Crippen molar-refractivity contribution in [2.45, 2.75) is 6.92 Å². The van der Waals surface area contributed by atoms with Gasteiger partial charge in [-0.3, -0.25) is 0 Å². The topological polar surface area (TPSA) is 81.4 Å². The van der Waals surface area contributed by atoms with E-state index in [4.69, 9.17) is 0 Å². The first-order chi connectivity index (χ1) is 4.16. The Balaban J connectivity index is 3.39. The van der Waals surface area contributed by atoms with Crippen LogP contribution in [-0.4, -0.2) is 18.7 Å². The Kier molecular flexibility index (Phi) is 3.19. The van der Waals surface area contributed by atoms with Gasteiger partial charge in [-0.15, -0.1) is 0 Å². The molecule has 9 heavy (non-hydrogen) atoms. The average Bonchev–Trinajstić information content (AvgIpc) is 1.63. The Hall–Kier alpha value is -1.26. The Morgan fingerprint density at radius 1 is 1.67 bits per heavy atom. The molecule has 0 fully saturated rings. The van der Waals surface area contributed by atoms with Gasteiger partial charge in [-0.05, 0) is 6.92 Å². The Labute approximate surface area is 52.2 Å². The van der Waals surface area contributed by atoms with Crippen molar-refractivity contribution in [1.82, 2.24) is 5.32 Å². The molecule has 0 aliphatic heterocycles. The van der Waals surface area contributed by atoms with E-state index in [1.807, 2.05) is 0 Å². The van der Waals surface area contributed by atoms with Crippen LogP contribution < -0.4 is 11.1 Å². The minimum Gasteiger partial charge on any atom is -0.360 e. The molecular weight excluding hydrogens is 124 g/mol. The summed E-state index contributed by atoms with van der Waals surface area (Å²) in [7, 11) is 0. The summed E-state index contributed by atoms with van der Waals surface area (Å²) in [4.78, 5) is 20.0. The molecule has 2 amide bonds. The van der Waals surface area contributed by atoms with Gasteiger partial charge in [-0.2, -0.15) is 0 Å². The molecular formula is C4H8N2O3. The maximum absolute atomic E-state index is 10.2. The molecule has 0 bridgehead atoms. The Morgan fingerprint density at radius 2 is 2.22 bits per heavy atom. The molecule has 0 radical (unpaired) electrons. The summed E-state index contributed by atoms with van der Waals surface area (Å²) in [6.07, 6.45) is -1.91. The molecule has 5 heteroatoms. The van der Waals surface area contributed by atoms with Crippen molar-refractivity contribution in [3.05, 3.63) is 0 Å². The van der Waals surface area contributed by atoms with E-state index in [-0.39, 0.29) is 0 Å². The highest BCUT2D eigenvalue weighted by molar-refractivity contribution is 5.82. The summed E-state index contributed by atoms with van der Waals surface area (Å²) >= 11 is 0. The van der Waals surface area contributed by atoms with Crippen LogP contribution in [0.2, 0.25) is 0 Å². The van der Waals surface area contributed by atoms with Crippen LogP contribution in [0, 0.1) is 0 Å². The first-order valence-electron chi connectivity index (χ1n) is 2.42. The van der Waals surface area contributed by atoms with Gasteiger partial charge in [0.1, 0.15) is 0 Å². The van der Waals surface area contributed by atoms with Gasteiger partial charge < -0.3 is 15.8 Å². The number of hydrogen-bond donors (Lipinski definition) is 2. The van der Waals surface area contributed by atoms with Crippen LogP contribution in [0.1, 0.15) is 6.92 Å². The predicted octanol–water partition coefficient (Wildman–Crippen LogP) is -0.189. The van der Waals surface area contributed by atoms with Crippen LogP contribution in [0.3, 0.4) is 0 Å². The third-order valence-corrected chi connectivity index (χ3v) is 0.514. The molecule has 52 valence electrons. The number of rotatable bonds is 1. The summed E-state index contributed by atoms with van der Waals surface area (Å²) in [6.45, 7) is 2.11. The molecule has 0 aromatic heterocycles. The second-order valence-corrected chi connectivity index (χ2v) is 1.24. The van der Waals surface area contributed by atoms with Crippen molar-refractivity contribution >= 4 is 12.2 Å². The van der Waals surface area contributed by atoms with E-state index in [1.54, 1.807) is 6.92 Å². The number of ether oxygens (including phenoxy) is 1. The zero-order valence-electron chi connectivity index (χ0n) is 5.01. The highest BCUT2D eigenvalue weighted by Crippen LogP contribution is 1.73. The van der Waals surface area contributed by atoms with E-state index < -0.39 is 12.2 Å². The van der Waals surface area contributed by atoms with Crippen molar-refractivity contribution in [2.75, 3.05) is 6.54 Å². The largest absolute Gasteiger partial charge is 0.416 e. The van der Waals surface area contributed by atoms with Crippen LogP contribution in [0.25, 0.3) is 0 Å². The van der Waals surface area contributed by atoms with Crippen molar-refractivity contribution < 1.29 is 14.3 Å². The van der Waals surface area contributed by atoms with Gasteiger partial charge in [-0.25, -0.2) is 9.59 Å². The normalized spacial score (nSPS) is 8.11. The molecule has 0 aliphatic rings. The number of nitrogens with one attached hydrogen (secondary N) is 1. The Bertz CT molecular complexity index is 123. The zero-order valence-corrected chi connectivity index (χ0v) is 5.01. The summed E-state index contributed by atoms with van der Waals surface area (Å²) < 4.78 is 3.88. The number of carbonyl (C=O) groups excluding carboxylic acids is 2. The van der Waals surface area contributed by atoms with Crippen LogP contribution in [0.4, 0.5) is 9.59 Å². The third kappa shape index (κ3) is 4.60. The van der Waals surface area contributed by atoms with Crippen molar-refractivity contribution in [3.63, 3.8) is 0 Å². The SMILES string of the molecule is CCNC(=O)OC(N)=O. The van der Waals surface area contributed by atoms with Gasteiger partial charge in [0.15, 0.2) is 0 Å². The van der Waals surface area contributed by atoms with Gasteiger partial charge in [0.2, 0.25) is 0 Å². The van der Waals surface area contributed by atoms with E-state index in [2.05, 4.69) is 15.8 Å². The fourth-order valence-corrected chi connectivity index (χ4v) is 0.272. The maximum atomic E-state index is 10.2. The fourth-order valence-electron chi connectivity index (χ4n) is 0.272. The average molecular weight is 132 g/mol. The summed E-state index contributed by atoms with van der Waals surface area (Å²) in [6, 6.07) is 0. The van der Waals surface area contributed by atoms with Crippen LogP contribution in [-0.2, 0) is 4.74 Å². The number of primary amides is 1. The van der Waals surface area contributed by atoms with E-state index >= 15 is 0 Å². The molecule has 0 rings (SSSR count). The highest BCUT2D eigenvalue weighted by Gasteiger charge is 2.01. The molecule has 5 nitrogen and oxygen atoms in total. The maximum Gasteiger partial charge on any atom is 0.416 e. The summed E-state index contributed by atoms with van der Waals surface area (Å²) in [5, 5.41) is 2.21. The second kappa shape index (κ2) is 3.71. The molecule has 0 spiro atoms. The van der Waals surface area contributed by atoms with E-state index in [1.165, 1.54) is 0 Å². The molecule has 0 saturated carbocycles. The van der Waals surface area contributed by atoms with Gasteiger partial charge >= 0.3 is 12.2 Å². The van der Waals surface area contributed by atoms with Gasteiger partial charge in [0.05, 0.1) is 0 Å². The van der Waals surface area contributed by atoms with Gasteiger partial charge in [-0.1, -0.05) is 0 Å². The van der Waals surface area contributed by atoms with Crippen LogP contribution in [0.5, 0.6) is 0 Å². The lowest BCUT2D eigenvalue weighted by Crippen LogP contribution is -2.28. The molecule has 0 unspecified atom stereocenters. The number of carbonyl (C=O) groups is 2. The van der Waals surface area contributed by atoms with Gasteiger partial charge in [0.25, 0.3) is 0 Å². The van der Waals surface area contributed by atoms with E-state index in [0.29, 0.717) is 6.54 Å². The Morgan fingerprint density at radius 3 is 2.56 bits per heavy atom. The molecule has 3 N–H and O–H groups in total. The summed E-state index contributed by atoms with van der Waals surface area (Å²) in [5.41, 5.74) is 4.50. The van der Waals surface area contributed by atoms with Crippen LogP contribution >= 0.6 is 0 Å². The zero-order chi connectivity index (χ0) is 7.28. The minimum atomic E-state index is -1.10. The number of nitrogens with two attached hydrogens (primary N) is 1. The molecule has 0 aromatic rings. The van der Waals surface area contributed by atoms with Gasteiger partial charge in [0, 0.05) is 6.54 Å². The van der Waals surface area contributed by atoms with E-state index in [0.717, 1.165) is 0 Å². The van der Waals surface area contributed by atoms with Crippen molar-refractivity contribution in [2.24, 2.45) is 5.73 Å². The molecule has 0 aromatic carbocycles. The number of alkyl carbamates (subject to hydrolysis) is 1.